The second-order valence-corrected chi connectivity index (χ2v) is 8.95. The van der Waals surface area contributed by atoms with Gasteiger partial charge in [-0.05, 0) is 55.2 Å². The molecule has 6 nitrogen and oxygen atoms in total. The van der Waals surface area contributed by atoms with Crippen LogP contribution in [0.2, 0.25) is 0 Å². The fraction of sp³-hybridized carbons (Fsp3) is 0.400. The van der Waals surface area contributed by atoms with Gasteiger partial charge in [0.05, 0.1) is 12.7 Å². The number of carbonyl (C=O) groups is 1. The van der Waals surface area contributed by atoms with Crippen LogP contribution in [0.25, 0.3) is 10.9 Å². The van der Waals surface area contributed by atoms with Crippen LogP contribution in [-0.4, -0.2) is 59.4 Å². The van der Waals surface area contributed by atoms with Crippen molar-refractivity contribution < 1.29 is 19.0 Å². The van der Waals surface area contributed by atoms with Gasteiger partial charge in [0, 0.05) is 53.9 Å². The predicted molar refractivity (Wildman–Crippen MR) is 121 cm³/mol. The second kappa shape index (κ2) is 8.22. The van der Waals surface area contributed by atoms with Crippen LogP contribution in [0.3, 0.4) is 0 Å². The van der Waals surface area contributed by atoms with E-state index in [9.17, 15) is 14.3 Å². The number of nitrogens with one attached hydrogen (secondary N) is 2. The van der Waals surface area contributed by atoms with E-state index < -0.39 is 12.1 Å². The fourth-order valence-electron chi connectivity index (χ4n) is 5.46. The molecule has 4 atom stereocenters. The first kappa shape index (κ1) is 21.0. The molecule has 0 saturated carbocycles. The molecule has 2 saturated heterocycles. The molecule has 7 heteroatoms. The van der Waals surface area contributed by atoms with Gasteiger partial charge in [-0.25, -0.2) is 9.18 Å². The number of carboxylic acid groups (broad SMARTS) is 1. The SMILES string of the molecule is COc1cc(C)c2[nH]ccc2c1C[C@@H]1N[C@@H](c2ccc(C(=O)O)cc2)CN2C[C@@H](F)C[C@@H]12. The van der Waals surface area contributed by atoms with Crippen LogP contribution in [0.5, 0.6) is 5.75 Å². The van der Waals surface area contributed by atoms with Crippen LogP contribution in [0.4, 0.5) is 4.39 Å². The quantitative estimate of drug-likeness (QED) is 0.565. The van der Waals surface area contributed by atoms with Crippen LogP contribution >= 0.6 is 0 Å². The van der Waals surface area contributed by atoms with E-state index in [-0.39, 0.29) is 23.7 Å². The molecule has 0 radical (unpaired) electrons. The molecule has 1 aromatic heterocycles. The summed E-state index contributed by atoms with van der Waals surface area (Å²) in [6, 6.07) is 11.3. The van der Waals surface area contributed by atoms with E-state index in [4.69, 9.17) is 4.74 Å². The fourth-order valence-corrected chi connectivity index (χ4v) is 5.46. The number of alkyl halides is 1. The number of hydrogen-bond donors (Lipinski definition) is 3. The maximum Gasteiger partial charge on any atom is 0.335 e. The first-order chi connectivity index (χ1) is 15.4. The minimum Gasteiger partial charge on any atom is -0.496 e. The van der Waals surface area contributed by atoms with Crippen molar-refractivity contribution in [1.82, 2.24) is 15.2 Å². The largest absolute Gasteiger partial charge is 0.496 e. The number of H-pyrrole nitrogens is 1. The minimum absolute atomic E-state index is 0.00236. The Morgan fingerprint density at radius 2 is 2.03 bits per heavy atom. The molecule has 3 aromatic rings. The number of aryl methyl sites for hydroxylation is 1. The third-order valence-corrected chi connectivity index (χ3v) is 7.01. The van der Waals surface area contributed by atoms with E-state index in [1.165, 1.54) is 0 Å². The molecular formula is C25H28FN3O3. The zero-order chi connectivity index (χ0) is 22.4. The number of hydrogen-bond acceptors (Lipinski definition) is 4. The molecular weight excluding hydrogens is 409 g/mol. The average molecular weight is 438 g/mol. The zero-order valence-corrected chi connectivity index (χ0v) is 18.3. The van der Waals surface area contributed by atoms with E-state index in [0.29, 0.717) is 19.5 Å². The van der Waals surface area contributed by atoms with Gasteiger partial charge in [-0.2, -0.15) is 0 Å². The third kappa shape index (κ3) is 3.65. The molecule has 2 aliphatic heterocycles. The smallest absolute Gasteiger partial charge is 0.335 e. The maximum atomic E-state index is 14.4. The van der Waals surface area contributed by atoms with Crippen molar-refractivity contribution in [2.75, 3.05) is 20.2 Å². The molecule has 0 unspecified atom stereocenters. The van der Waals surface area contributed by atoms with Gasteiger partial charge in [-0.15, -0.1) is 0 Å². The summed E-state index contributed by atoms with van der Waals surface area (Å²) in [5.74, 6) is -0.0847. The number of aromatic carboxylic acids is 1. The second-order valence-electron chi connectivity index (χ2n) is 8.95. The van der Waals surface area contributed by atoms with Gasteiger partial charge in [0.15, 0.2) is 0 Å². The summed E-state index contributed by atoms with van der Waals surface area (Å²) in [4.78, 5) is 16.8. The summed E-state index contributed by atoms with van der Waals surface area (Å²) >= 11 is 0. The number of benzene rings is 2. The molecule has 2 aromatic carbocycles. The summed E-state index contributed by atoms with van der Waals surface area (Å²) in [6.45, 7) is 3.21. The lowest BCUT2D eigenvalue weighted by Gasteiger charge is -2.42. The summed E-state index contributed by atoms with van der Waals surface area (Å²) in [5, 5.41) is 14.1. The minimum atomic E-state index is -0.937. The Labute approximate surface area is 186 Å². The molecule has 0 bridgehead atoms. The highest BCUT2D eigenvalue weighted by Gasteiger charge is 2.43. The van der Waals surface area contributed by atoms with Crippen LogP contribution in [0, 0.1) is 6.92 Å². The van der Waals surface area contributed by atoms with Gasteiger partial charge < -0.3 is 20.1 Å². The van der Waals surface area contributed by atoms with Crippen LogP contribution in [0.1, 0.15) is 39.5 Å². The highest BCUT2D eigenvalue weighted by molar-refractivity contribution is 5.88. The van der Waals surface area contributed by atoms with Crippen molar-refractivity contribution in [1.29, 1.82) is 0 Å². The van der Waals surface area contributed by atoms with E-state index in [1.807, 2.05) is 18.3 Å². The monoisotopic (exact) mass is 437 g/mol. The topological polar surface area (TPSA) is 77.6 Å². The molecule has 2 aliphatic rings. The molecule has 32 heavy (non-hydrogen) atoms. The Morgan fingerprint density at radius 1 is 1.25 bits per heavy atom. The summed E-state index contributed by atoms with van der Waals surface area (Å²) < 4.78 is 20.2. The number of rotatable bonds is 5. The lowest BCUT2D eigenvalue weighted by Crippen LogP contribution is -2.57. The first-order valence-corrected chi connectivity index (χ1v) is 11.1. The highest BCUT2D eigenvalue weighted by Crippen LogP contribution is 2.36. The van der Waals surface area contributed by atoms with Crippen LogP contribution in [-0.2, 0) is 6.42 Å². The van der Waals surface area contributed by atoms with Gasteiger partial charge in [-0.1, -0.05) is 12.1 Å². The van der Waals surface area contributed by atoms with Crippen LogP contribution < -0.4 is 10.1 Å². The summed E-state index contributed by atoms with van der Waals surface area (Å²) in [6.07, 6.45) is 2.35. The Hall–Kier alpha value is -2.90. The van der Waals surface area contributed by atoms with Gasteiger partial charge in [-0.3, -0.25) is 4.90 Å². The zero-order valence-electron chi connectivity index (χ0n) is 18.3. The number of aromatic amines is 1. The Kier molecular flexibility index (Phi) is 5.39. The molecule has 0 aliphatic carbocycles. The molecule has 168 valence electrons. The number of carboxylic acids is 1. The number of ether oxygens (including phenoxy) is 1. The average Bonchev–Trinajstić information content (AvgIpc) is 3.42. The van der Waals surface area contributed by atoms with Crippen molar-refractivity contribution in [3.8, 4) is 5.75 Å². The van der Waals surface area contributed by atoms with E-state index >= 15 is 0 Å². The number of halogens is 1. The Balaban J connectivity index is 1.48. The Morgan fingerprint density at radius 3 is 2.75 bits per heavy atom. The highest BCUT2D eigenvalue weighted by atomic mass is 19.1. The summed E-state index contributed by atoms with van der Waals surface area (Å²) in [5.41, 5.74) is 4.64. The number of aromatic nitrogens is 1. The number of nitrogens with zero attached hydrogens (tertiary/aromatic N) is 1. The Bertz CT molecular complexity index is 1140. The van der Waals surface area contributed by atoms with Gasteiger partial charge in [0.1, 0.15) is 11.9 Å². The first-order valence-electron chi connectivity index (χ1n) is 11.1. The van der Waals surface area contributed by atoms with Gasteiger partial charge in [0.25, 0.3) is 0 Å². The molecule has 2 fully saturated rings. The van der Waals surface area contributed by atoms with E-state index in [1.54, 1.807) is 19.2 Å². The van der Waals surface area contributed by atoms with Crippen molar-refractivity contribution in [3.63, 3.8) is 0 Å². The van der Waals surface area contributed by atoms with Crippen molar-refractivity contribution in [2.45, 2.75) is 44.1 Å². The lowest BCUT2D eigenvalue weighted by atomic mass is 9.90. The van der Waals surface area contributed by atoms with E-state index in [0.717, 1.165) is 39.8 Å². The van der Waals surface area contributed by atoms with E-state index in [2.05, 4.69) is 34.3 Å². The molecule has 0 amide bonds. The number of fused-ring (bicyclic) bond motifs is 2. The van der Waals surface area contributed by atoms with Gasteiger partial charge >= 0.3 is 5.97 Å². The van der Waals surface area contributed by atoms with Crippen LogP contribution in [0.15, 0.2) is 42.6 Å². The molecule has 3 N–H and O–H groups in total. The van der Waals surface area contributed by atoms with Gasteiger partial charge in [0.2, 0.25) is 0 Å². The lowest BCUT2D eigenvalue weighted by molar-refractivity contribution is 0.0696. The maximum absolute atomic E-state index is 14.4. The van der Waals surface area contributed by atoms with Crippen molar-refractivity contribution in [2.24, 2.45) is 0 Å². The standard InChI is InChI=1S/C25H28FN3O3/c1-14-9-23(32-2)19(18-7-8-27-24(14)18)11-20-22-10-17(26)12-29(22)13-21(28-20)15-3-5-16(6-4-15)25(30)31/h3-9,17,20-22,27-28H,10-13H2,1-2H3,(H,30,31)/t17-,20-,21+,22-/m0/s1. The summed E-state index contributed by atoms with van der Waals surface area (Å²) in [7, 11) is 1.69. The van der Waals surface area contributed by atoms with Crippen molar-refractivity contribution >= 4 is 16.9 Å². The molecule has 0 spiro atoms. The number of methoxy groups -OCH3 is 1. The normalized spacial score (nSPS) is 25.7. The molecule has 5 rings (SSSR count). The van der Waals surface area contributed by atoms with Crippen molar-refractivity contribution in [3.05, 3.63) is 64.8 Å². The number of piperazine rings is 1. The third-order valence-electron chi connectivity index (χ3n) is 7.01. The molecule has 3 heterocycles. The predicted octanol–water partition coefficient (Wildman–Crippen LogP) is 3.85.